The molecule has 84 valence electrons. The van der Waals surface area contributed by atoms with Gasteiger partial charge in [-0.05, 0) is 25.1 Å². The first-order valence-corrected chi connectivity index (χ1v) is 4.77. The van der Waals surface area contributed by atoms with Crippen molar-refractivity contribution in [2.45, 2.75) is 6.92 Å². The minimum Gasteiger partial charge on any atom is -0.493 e. The van der Waals surface area contributed by atoms with Crippen molar-refractivity contribution in [2.75, 3.05) is 14.2 Å². The zero-order valence-electron chi connectivity index (χ0n) is 9.35. The summed E-state index contributed by atoms with van der Waals surface area (Å²) in [7, 11) is 3.18. The molecule has 0 aliphatic rings. The minimum atomic E-state index is 0.471. The van der Waals surface area contributed by atoms with E-state index in [1.807, 2.05) is 6.07 Å². The average molecular weight is 220 g/mol. The second-order valence-corrected chi connectivity index (χ2v) is 3.22. The van der Waals surface area contributed by atoms with Gasteiger partial charge in [0.05, 0.1) is 14.2 Å². The van der Waals surface area contributed by atoms with Gasteiger partial charge in [-0.25, -0.2) is 0 Å². The monoisotopic (exact) mass is 220 g/mol. The molecule has 1 heterocycles. The Bertz CT molecular complexity index is 494. The molecule has 1 aromatic heterocycles. The van der Waals surface area contributed by atoms with Crippen molar-refractivity contribution in [2.24, 2.45) is 0 Å². The first-order valence-electron chi connectivity index (χ1n) is 4.77. The van der Waals surface area contributed by atoms with Crippen LogP contribution >= 0.6 is 0 Å². The molecule has 0 unspecified atom stereocenters. The summed E-state index contributed by atoms with van der Waals surface area (Å²) in [4.78, 5) is 4.14. The molecule has 0 radical (unpaired) electrons. The number of aryl methyl sites for hydroxylation is 1. The predicted molar refractivity (Wildman–Crippen MR) is 57.6 cm³/mol. The van der Waals surface area contributed by atoms with Crippen LogP contribution in [0.3, 0.4) is 0 Å². The van der Waals surface area contributed by atoms with Gasteiger partial charge in [0, 0.05) is 5.56 Å². The zero-order valence-corrected chi connectivity index (χ0v) is 9.35. The summed E-state index contributed by atoms with van der Waals surface area (Å²) in [6, 6.07) is 5.44. The fraction of sp³-hybridized carbons (Fsp3) is 0.273. The quantitative estimate of drug-likeness (QED) is 0.792. The largest absolute Gasteiger partial charge is 0.493 e. The smallest absolute Gasteiger partial charge is 0.258 e. The molecule has 0 fully saturated rings. The van der Waals surface area contributed by atoms with E-state index in [-0.39, 0.29) is 0 Å². The van der Waals surface area contributed by atoms with Crippen LogP contribution in [0, 0.1) is 6.92 Å². The van der Waals surface area contributed by atoms with Crippen LogP contribution in [0.2, 0.25) is 0 Å². The van der Waals surface area contributed by atoms with Gasteiger partial charge in [0.25, 0.3) is 5.89 Å². The lowest BCUT2D eigenvalue weighted by atomic mass is 10.2. The molecule has 5 heteroatoms. The summed E-state index contributed by atoms with van der Waals surface area (Å²) >= 11 is 0. The van der Waals surface area contributed by atoms with Crippen molar-refractivity contribution < 1.29 is 14.0 Å². The molecule has 0 aliphatic carbocycles. The lowest BCUT2D eigenvalue weighted by Gasteiger charge is -2.07. The van der Waals surface area contributed by atoms with Gasteiger partial charge in [0.2, 0.25) is 0 Å². The summed E-state index contributed by atoms with van der Waals surface area (Å²) in [6.07, 6.45) is 0. The van der Waals surface area contributed by atoms with Gasteiger partial charge in [-0.2, -0.15) is 4.98 Å². The molecule has 0 saturated heterocycles. The van der Waals surface area contributed by atoms with Crippen LogP contribution in [0.1, 0.15) is 5.82 Å². The third-order valence-electron chi connectivity index (χ3n) is 2.16. The summed E-state index contributed by atoms with van der Waals surface area (Å²) in [5.41, 5.74) is 0.804. The maximum absolute atomic E-state index is 5.19. The van der Waals surface area contributed by atoms with Crippen molar-refractivity contribution in [3.8, 4) is 23.0 Å². The van der Waals surface area contributed by atoms with Gasteiger partial charge in [-0.3, -0.25) is 0 Å². The van der Waals surface area contributed by atoms with Crippen LogP contribution in [0.5, 0.6) is 11.5 Å². The number of hydrogen-bond acceptors (Lipinski definition) is 5. The fourth-order valence-electron chi connectivity index (χ4n) is 1.38. The zero-order chi connectivity index (χ0) is 11.5. The van der Waals surface area contributed by atoms with Gasteiger partial charge in [0.1, 0.15) is 0 Å². The van der Waals surface area contributed by atoms with E-state index in [2.05, 4.69) is 10.1 Å². The van der Waals surface area contributed by atoms with Gasteiger partial charge in [-0.15, -0.1) is 0 Å². The lowest BCUT2D eigenvalue weighted by molar-refractivity contribution is 0.355. The second-order valence-electron chi connectivity index (χ2n) is 3.22. The van der Waals surface area contributed by atoms with Crippen LogP contribution in [0.25, 0.3) is 11.5 Å². The molecule has 5 nitrogen and oxygen atoms in total. The van der Waals surface area contributed by atoms with E-state index < -0.39 is 0 Å². The maximum atomic E-state index is 5.19. The Morgan fingerprint density at radius 3 is 2.44 bits per heavy atom. The standard InChI is InChI=1S/C11H12N2O3/c1-7-12-11(16-13-7)8-4-5-9(14-2)10(6-8)15-3/h4-6H,1-3H3. The van der Waals surface area contributed by atoms with E-state index in [1.165, 1.54) is 0 Å². The third-order valence-corrected chi connectivity index (χ3v) is 2.16. The number of rotatable bonds is 3. The highest BCUT2D eigenvalue weighted by Crippen LogP contribution is 2.31. The van der Waals surface area contributed by atoms with Gasteiger partial charge < -0.3 is 14.0 Å². The van der Waals surface area contributed by atoms with Crippen molar-refractivity contribution in [1.82, 2.24) is 10.1 Å². The van der Waals surface area contributed by atoms with Crippen LogP contribution in [-0.4, -0.2) is 24.4 Å². The molecule has 0 aliphatic heterocycles. The predicted octanol–water partition coefficient (Wildman–Crippen LogP) is 2.06. The number of nitrogens with zero attached hydrogens (tertiary/aromatic N) is 2. The van der Waals surface area contributed by atoms with Crippen molar-refractivity contribution in [3.05, 3.63) is 24.0 Å². The Morgan fingerprint density at radius 1 is 1.12 bits per heavy atom. The maximum Gasteiger partial charge on any atom is 0.258 e. The number of methoxy groups -OCH3 is 2. The molecular formula is C11H12N2O3. The average Bonchev–Trinajstić information content (AvgIpc) is 2.75. The summed E-state index contributed by atoms with van der Waals surface area (Å²) < 4.78 is 15.4. The van der Waals surface area contributed by atoms with Crippen LogP contribution in [0.15, 0.2) is 22.7 Å². The van der Waals surface area contributed by atoms with Gasteiger partial charge in [0.15, 0.2) is 17.3 Å². The van der Waals surface area contributed by atoms with Gasteiger partial charge in [-0.1, -0.05) is 5.16 Å². The molecule has 1 aromatic carbocycles. The molecular weight excluding hydrogens is 208 g/mol. The van der Waals surface area contributed by atoms with E-state index in [0.29, 0.717) is 23.2 Å². The molecule has 2 rings (SSSR count). The van der Waals surface area contributed by atoms with E-state index in [0.717, 1.165) is 5.56 Å². The Hall–Kier alpha value is -2.04. The number of benzene rings is 1. The molecule has 0 amide bonds. The second kappa shape index (κ2) is 4.22. The summed E-state index contributed by atoms with van der Waals surface area (Å²) in [5.74, 6) is 2.38. The SMILES string of the molecule is COc1ccc(-c2nc(C)no2)cc1OC. The van der Waals surface area contributed by atoms with Crippen LogP contribution in [0.4, 0.5) is 0 Å². The minimum absolute atomic E-state index is 0.471. The van der Waals surface area contributed by atoms with E-state index >= 15 is 0 Å². The third kappa shape index (κ3) is 1.84. The molecule has 0 N–H and O–H groups in total. The van der Waals surface area contributed by atoms with Gasteiger partial charge >= 0.3 is 0 Å². The normalized spacial score (nSPS) is 10.2. The first-order chi connectivity index (χ1) is 7.74. The molecule has 0 saturated carbocycles. The molecule has 0 bridgehead atoms. The van der Waals surface area contributed by atoms with E-state index in [9.17, 15) is 0 Å². The Kier molecular flexibility index (Phi) is 2.76. The Morgan fingerprint density at radius 2 is 1.88 bits per heavy atom. The van der Waals surface area contributed by atoms with Crippen molar-refractivity contribution in [3.63, 3.8) is 0 Å². The van der Waals surface area contributed by atoms with E-state index in [1.54, 1.807) is 33.3 Å². The molecule has 0 spiro atoms. The van der Waals surface area contributed by atoms with E-state index in [4.69, 9.17) is 14.0 Å². The number of aromatic nitrogens is 2. The van der Waals surface area contributed by atoms with Crippen LogP contribution < -0.4 is 9.47 Å². The molecule has 16 heavy (non-hydrogen) atoms. The van der Waals surface area contributed by atoms with Crippen molar-refractivity contribution >= 4 is 0 Å². The molecule has 0 atom stereocenters. The van der Waals surface area contributed by atoms with Crippen LogP contribution in [-0.2, 0) is 0 Å². The highest BCUT2D eigenvalue weighted by Gasteiger charge is 2.10. The summed E-state index contributed by atoms with van der Waals surface area (Å²) in [6.45, 7) is 1.77. The fourth-order valence-corrected chi connectivity index (χ4v) is 1.38. The molecule has 2 aromatic rings. The summed E-state index contributed by atoms with van der Waals surface area (Å²) in [5, 5.41) is 3.73. The Labute approximate surface area is 93.0 Å². The number of hydrogen-bond donors (Lipinski definition) is 0. The highest BCUT2D eigenvalue weighted by molar-refractivity contribution is 5.59. The lowest BCUT2D eigenvalue weighted by Crippen LogP contribution is -1.90. The highest BCUT2D eigenvalue weighted by atomic mass is 16.5. The van der Waals surface area contributed by atoms with Crippen molar-refractivity contribution in [1.29, 1.82) is 0 Å². The topological polar surface area (TPSA) is 57.4 Å². The first kappa shape index (κ1) is 10.5. The Balaban J connectivity index is 2.43. The number of ether oxygens (including phenoxy) is 2.